The van der Waals surface area contributed by atoms with E-state index < -0.39 is 21.4 Å². The monoisotopic (exact) mass is 424 g/mol. The molecule has 10 heteroatoms. The van der Waals surface area contributed by atoms with Gasteiger partial charge < -0.3 is 4.74 Å². The molecule has 3 aromatic rings. The molecule has 0 aliphatic carbocycles. The fraction of sp³-hybridized carbons (Fsp3) is 0.278. The molecular weight excluding hydrogens is 407 g/mol. The summed E-state index contributed by atoms with van der Waals surface area (Å²) in [6.07, 6.45) is 5.07. The number of sulfone groups is 1. The van der Waals surface area contributed by atoms with Crippen molar-refractivity contribution in [3.63, 3.8) is 0 Å². The van der Waals surface area contributed by atoms with Crippen LogP contribution in [0.25, 0.3) is 16.9 Å². The minimum absolute atomic E-state index is 0.0132. The van der Waals surface area contributed by atoms with Crippen LogP contribution in [0, 0.1) is 5.82 Å². The normalized spacial score (nSPS) is 11.6. The highest BCUT2D eigenvalue weighted by Crippen LogP contribution is 2.28. The Hall–Kier alpha value is -2.52. The molecule has 0 aliphatic rings. The van der Waals surface area contributed by atoms with Crippen molar-refractivity contribution in [2.45, 2.75) is 19.1 Å². The number of aromatic nitrogens is 4. The number of pyridine rings is 1. The average Bonchev–Trinajstić information content (AvgIpc) is 3.14. The summed E-state index contributed by atoms with van der Waals surface area (Å²) in [6, 6.07) is 4.54. The molecule has 7 nitrogen and oxygen atoms in total. The number of benzene rings is 1. The number of rotatable bonds is 7. The number of ether oxygens (including phenoxy) is 1. The summed E-state index contributed by atoms with van der Waals surface area (Å²) in [6.45, 7) is 1.76. The van der Waals surface area contributed by atoms with Crippen molar-refractivity contribution in [2.75, 3.05) is 12.9 Å². The topological polar surface area (TPSA) is 87.0 Å². The molecule has 0 N–H and O–H groups in total. The van der Waals surface area contributed by atoms with E-state index in [0.29, 0.717) is 23.4 Å². The smallest absolute Gasteiger partial charge is 0.154 e. The molecule has 3 rings (SSSR count). The third-order valence-corrected chi connectivity index (χ3v) is 6.09. The summed E-state index contributed by atoms with van der Waals surface area (Å²) in [5, 5.41) is 8.06. The Morgan fingerprint density at radius 3 is 2.79 bits per heavy atom. The minimum Gasteiger partial charge on any atom is -0.495 e. The largest absolute Gasteiger partial charge is 0.495 e. The van der Waals surface area contributed by atoms with Gasteiger partial charge >= 0.3 is 0 Å². The lowest BCUT2D eigenvalue weighted by Gasteiger charge is -2.10. The molecule has 0 fully saturated rings. The van der Waals surface area contributed by atoms with Gasteiger partial charge in [-0.25, -0.2) is 17.5 Å². The third kappa shape index (κ3) is 4.31. The summed E-state index contributed by atoms with van der Waals surface area (Å²) in [5.41, 5.74) is 1.04. The van der Waals surface area contributed by atoms with Gasteiger partial charge in [0, 0.05) is 17.3 Å². The van der Waals surface area contributed by atoms with Gasteiger partial charge in [0.1, 0.15) is 17.1 Å². The van der Waals surface area contributed by atoms with Gasteiger partial charge in [-0.15, -0.1) is 5.10 Å². The Balaban J connectivity index is 2.00. The first-order valence-corrected chi connectivity index (χ1v) is 10.6. The Labute approximate surface area is 167 Å². The SMILES string of the molecule is CCCS(=O)(=O)Cc1ccc(Cl)c(-n2cc(-c3cncc(OC)c3)nn2)c1F. The van der Waals surface area contributed by atoms with Crippen LogP contribution in [0.3, 0.4) is 0 Å². The predicted molar refractivity (Wildman–Crippen MR) is 104 cm³/mol. The Bertz CT molecular complexity index is 1100. The maximum absolute atomic E-state index is 15.1. The maximum atomic E-state index is 15.1. The van der Waals surface area contributed by atoms with Gasteiger partial charge in [0.2, 0.25) is 0 Å². The van der Waals surface area contributed by atoms with Crippen LogP contribution >= 0.6 is 11.6 Å². The minimum atomic E-state index is -3.42. The van der Waals surface area contributed by atoms with Crippen LogP contribution in [0.5, 0.6) is 5.75 Å². The maximum Gasteiger partial charge on any atom is 0.154 e. The second-order valence-electron chi connectivity index (χ2n) is 6.12. The van der Waals surface area contributed by atoms with E-state index in [4.69, 9.17) is 16.3 Å². The molecule has 28 heavy (non-hydrogen) atoms. The Morgan fingerprint density at radius 2 is 2.07 bits per heavy atom. The van der Waals surface area contributed by atoms with E-state index in [0.717, 1.165) is 0 Å². The number of hydrogen-bond acceptors (Lipinski definition) is 6. The van der Waals surface area contributed by atoms with E-state index in [9.17, 15) is 8.42 Å². The molecule has 1 aromatic carbocycles. The van der Waals surface area contributed by atoms with Gasteiger partial charge in [-0.1, -0.05) is 29.8 Å². The van der Waals surface area contributed by atoms with E-state index >= 15 is 4.39 Å². The number of halogens is 2. The quantitative estimate of drug-likeness (QED) is 0.577. The van der Waals surface area contributed by atoms with Gasteiger partial charge in [0.25, 0.3) is 0 Å². The Morgan fingerprint density at radius 1 is 1.29 bits per heavy atom. The molecule has 0 amide bonds. The standard InChI is InChI=1S/C18H18ClFN4O3S/c1-3-6-28(25,26)11-12-4-5-15(19)18(17(12)20)24-10-16(22-23-24)13-7-14(27-2)9-21-8-13/h4-5,7-10H,3,6,11H2,1-2H3. The van der Waals surface area contributed by atoms with Gasteiger partial charge in [0.05, 0.1) is 36.0 Å². The highest BCUT2D eigenvalue weighted by molar-refractivity contribution is 7.90. The van der Waals surface area contributed by atoms with Crippen LogP contribution in [0.2, 0.25) is 5.02 Å². The molecule has 0 saturated carbocycles. The van der Waals surface area contributed by atoms with Crippen LogP contribution in [0.4, 0.5) is 4.39 Å². The van der Waals surface area contributed by atoms with Crippen LogP contribution in [0.1, 0.15) is 18.9 Å². The zero-order valence-corrected chi connectivity index (χ0v) is 16.8. The second kappa shape index (κ2) is 8.24. The summed E-state index contributed by atoms with van der Waals surface area (Å²) < 4.78 is 45.5. The van der Waals surface area contributed by atoms with Crippen LogP contribution in [-0.2, 0) is 15.6 Å². The summed E-state index contributed by atoms with van der Waals surface area (Å²) in [7, 11) is -1.90. The molecule has 148 valence electrons. The van der Waals surface area contributed by atoms with E-state index in [1.807, 2.05) is 0 Å². The summed E-state index contributed by atoms with van der Waals surface area (Å²) >= 11 is 6.16. The second-order valence-corrected chi connectivity index (χ2v) is 8.71. The number of hydrogen-bond donors (Lipinski definition) is 0. The molecule has 0 saturated heterocycles. The number of methoxy groups -OCH3 is 1. The number of nitrogens with zero attached hydrogens (tertiary/aromatic N) is 4. The first-order valence-electron chi connectivity index (χ1n) is 8.44. The first kappa shape index (κ1) is 20.2. The average molecular weight is 425 g/mol. The zero-order valence-electron chi connectivity index (χ0n) is 15.3. The molecule has 2 aromatic heterocycles. The Kier molecular flexibility index (Phi) is 5.95. The lowest BCUT2D eigenvalue weighted by atomic mass is 10.2. The van der Waals surface area contributed by atoms with Crippen molar-refractivity contribution >= 4 is 21.4 Å². The van der Waals surface area contributed by atoms with Crippen molar-refractivity contribution < 1.29 is 17.5 Å². The lowest BCUT2D eigenvalue weighted by molar-refractivity contribution is 0.413. The van der Waals surface area contributed by atoms with E-state index in [1.54, 1.807) is 25.4 Å². The van der Waals surface area contributed by atoms with Crippen molar-refractivity contribution in [1.29, 1.82) is 0 Å². The highest BCUT2D eigenvalue weighted by atomic mass is 35.5. The molecular formula is C18H18ClFN4O3S. The van der Waals surface area contributed by atoms with Gasteiger partial charge in [-0.2, -0.15) is 0 Å². The molecule has 2 heterocycles. The molecule has 0 unspecified atom stereocenters. The fourth-order valence-corrected chi connectivity index (χ4v) is 4.40. The fourth-order valence-electron chi connectivity index (χ4n) is 2.70. The summed E-state index contributed by atoms with van der Waals surface area (Å²) in [5.74, 6) is -0.620. The van der Waals surface area contributed by atoms with E-state index in [2.05, 4.69) is 15.3 Å². The van der Waals surface area contributed by atoms with Gasteiger partial charge in [0.15, 0.2) is 15.7 Å². The predicted octanol–water partition coefficient (Wildman–Crippen LogP) is 3.46. The molecule has 0 bridgehead atoms. The highest BCUT2D eigenvalue weighted by Gasteiger charge is 2.20. The van der Waals surface area contributed by atoms with E-state index in [1.165, 1.54) is 30.1 Å². The van der Waals surface area contributed by atoms with Crippen LogP contribution in [-0.4, -0.2) is 41.3 Å². The molecule has 0 radical (unpaired) electrons. The van der Waals surface area contributed by atoms with Gasteiger partial charge in [-0.05, 0) is 18.6 Å². The van der Waals surface area contributed by atoms with Crippen molar-refractivity contribution in [3.8, 4) is 22.7 Å². The molecule has 0 aliphatic heterocycles. The van der Waals surface area contributed by atoms with Crippen molar-refractivity contribution in [3.05, 3.63) is 53.2 Å². The van der Waals surface area contributed by atoms with Crippen molar-refractivity contribution in [1.82, 2.24) is 20.0 Å². The first-order chi connectivity index (χ1) is 13.3. The zero-order chi connectivity index (χ0) is 20.3. The van der Waals surface area contributed by atoms with Crippen molar-refractivity contribution in [2.24, 2.45) is 0 Å². The molecule has 0 atom stereocenters. The van der Waals surface area contributed by atoms with E-state index in [-0.39, 0.29) is 22.0 Å². The third-order valence-electron chi connectivity index (χ3n) is 4.00. The van der Waals surface area contributed by atoms with Crippen LogP contribution < -0.4 is 4.74 Å². The molecule has 0 spiro atoms. The lowest BCUT2D eigenvalue weighted by Crippen LogP contribution is -2.11. The van der Waals surface area contributed by atoms with Crippen LogP contribution in [0.15, 0.2) is 36.8 Å². The summed E-state index contributed by atoms with van der Waals surface area (Å²) in [4.78, 5) is 4.05. The van der Waals surface area contributed by atoms with Gasteiger partial charge in [-0.3, -0.25) is 4.98 Å².